The number of sulfone groups is 1. The Morgan fingerprint density at radius 1 is 0.974 bits per heavy atom. The maximum Gasteiger partial charge on any atom is 1.00 e. The maximum atomic E-state index is 11.4. The van der Waals surface area contributed by atoms with Crippen molar-refractivity contribution in [2.24, 2.45) is 0 Å². The van der Waals surface area contributed by atoms with E-state index >= 15 is 0 Å². The Morgan fingerprint density at radius 3 is 2.49 bits per heavy atom. The Bertz CT molecular complexity index is 1450. The van der Waals surface area contributed by atoms with Crippen molar-refractivity contribution in [1.29, 1.82) is 0 Å². The molecule has 200 valence electrons. The molecule has 0 saturated carbocycles. The number of carbonyl (C=O) groups is 1. The van der Waals surface area contributed by atoms with Gasteiger partial charge in [-0.15, -0.1) is 0 Å². The minimum absolute atomic E-state index is 0. The zero-order valence-electron chi connectivity index (χ0n) is 22.7. The van der Waals surface area contributed by atoms with Crippen molar-refractivity contribution in [3.05, 3.63) is 82.4 Å². The summed E-state index contributed by atoms with van der Waals surface area (Å²) in [5, 5.41) is 11.0. The molecule has 0 fully saturated rings. The maximum absolute atomic E-state index is 11.4. The van der Waals surface area contributed by atoms with Crippen LogP contribution in [0.25, 0.3) is 11.1 Å². The van der Waals surface area contributed by atoms with Crippen LogP contribution in [0.4, 0.5) is 0 Å². The Morgan fingerprint density at radius 2 is 1.72 bits per heavy atom. The van der Waals surface area contributed by atoms with Gasteiger partial charge in [0.05, 0.1) is 19.0 Å². The first-order chi connectivity index (χ1) is 18.2. The molecule has 3 aromatic carbocycles. The summed E-state index contributed by atoms with van der Waals surface area (Å²) >= 11 is 0. The van der Waals surface area contributed by atoms with Crippen molar-refractivity contribution in [2.75, 3.05) is 25.2 Å². The number of hydrogen-bond acceptors (Lipinski definition) is 6. The molecule has 3 aromatic rings. The molecule has 0 unspecified atom stereocenters. The molecule has 0 saturated heterocycles. The Balaban J connectivity index is 0.00000353. The summed E-state index contributed by atoms with van der Waals surface area (Å²) in [6, 6.07) is 19.1. The number of hydrogen-bond donors (Lipinski definition) is 0. The zero-order valence-corrected chi connectivity index (χ0v) is 25.5. The van der Waals surface area contributed by atoms with E-state index in [1.165, 1.54) is 39.6 Å². The zero-order chi connectivity index (χ0) is 26.7. The average molecular weight is 557 g/mol. The summed E-state index contributed by atoms with van der Waals surface area (Å²) in [6.45, 7) is 0.780. The topological polar surface area (TPSA) is 92.7 Å². The first-order valence-electron chi connectivity index (χ1n) is 13.3. The molecular weight excluding hydrogens is 523 g/mol. The van der Waals surface area contributed by atoms with Gasteiger partial charge in [-0.25, -0.2) is 8.42 Å². The van der Waals surface area contributed by atoms with Crippen LogP contribution >= 0.6 is 0 Å². The van der Waals surface area contributed by atoms with E-state index in [9.17, 15) is 18.3 Å². The quantitative estimate of drug-likeness (QED) is 0.274. The molecule has 1 heterocycles. The van der Waals surface area contributed by atoms with Crippen molar-refractivity contribution in [1.82, 2.24) is 0 Å². The number of aryl methyl sites for hydroxylation is 4. The van der Waals surface area contributed by atoms with Crippen LogP contribution in [0, 0.1) is 0 Å². The molecule has 39 heavy (non-hydrogen) atoms. The van der Waals surface area contributed by atoms with Gasteiger partial charge in [-0.3, -0.25) is 0 Å². The SMILES string of the molecule is CS(=O)(=O)CCCOc1ccc2c(c1)CCCc1ccc(CCc3ccc4c(c3)OC[C@H]4CC(=O)[O-])cc1-2.[Na+]. The van der Waals surface area contributed by atoms with Crippen LogP contribution in [0.2, 0.25) is 0 Å². The molecule has 1 atom stereocenters. The van der Waals surface area contributed by atoms with Crippen LogP contribution in [0.3, 0.4) is 0 Å². The predicted molar refractivity (Wildman–Crippen MR) is 145 cm³/mol. The van der Waals surface area contributed by atoms with Gasteiger partial charge in [-0.05, 0) is 96.5 Å². The summed E-state index contributed by atoms with van der Waals surface area (Å²) in [5.74, 6) is 0.535. The van der Waals surface area contributed by atoms with Crippen LogP contribution in [0.5, 0.6) is 11.5 Å². The monoisotopic (exact) mass is 556 g/mol. The summed E-state index contributed by atoms with van der Waals surface area (Å²) in [6.07, 6.45) is 6.57. The minimum Gasteiger partial charge on any atom is -0.550 e. The van der Waals surface area contributed by atoms with E-state index in [1.54, 1.807) is 0 Å². The number of rotatable bonds is 10. The second kappa shape index (κ2) is 12.9. The van der Waals surface area contributed by atoms with Crippen LogP contribution in [0.15, 0.2) is 54.6 Å². The van der Waals surface area contributed by atoms with Crippen molar-refractivity contribution in [2.45, 2.75) is 50.9 Å². The Hall–Kier alpha value is -2.32. The van der Waals surface area contributed by atoms with Crippen molar-refractivity contribution in [3.8, 4) is 22.6 Å². The van der Waals surface area contributed by atoms with Gasteiger partial charge in [0.1, 0.15) is 21.3 Å². The molecule has 0 radical (unpaired) electrons. The fraction of sp³-hybridized carbons (Fsp3) is 0.387. The summed E-state index contributed by atoms with van der Waals surface area (Å²) in [4.78, 5) is 11.0. The Kier molecular flexibility index (Phi) is 9.81. The fourth-order valence-corrected chi connectivity index (χ4v) is 6.14. The molecule has 0 amide bonds. The van der Waals surface area contributed by atoms with Crippen LogP contribution < -0.4 is 44.1 Å². The predicted octanol–water partition coefficient (Wildman–Crippen LogP) is 1.06. The third kappa shape index (κ3) is 7.66. The molecule has 5 rings (SSSR count). The van der Waals surface area contributed by atoms with E-state index in [4.69, 9.17) is 9.47 Å². The van der Waals surface area contributed by atoms with E-state index in [0.29, 0.717) is 19.6 Å². The molecule has 0 aromatic heterocycles. The van der Waals surface area contributed by atoms with Gasteiger partial charge in [0.25, 0.3) is 0 Å². The van der Waals surface area contributed by atoms with Gasteiger partial charge >= 0.3 is 29.6 Å². The Labute approximate surface area is 252 Å². The third-order valence-electron chi connectivity index (χ3n) is 7.43. The number of fused-ring (bicyclic) bond motifs is 4. The number of carboxylic acids is 1. The molecule has 6 nitrogen and oxygen atoms in total. The van der Waals surface area contributed by atoms with Crippen LogP contribution in [-0.2, 0) is 40.3 Å². The normalized spacial score (nSPS) is 15.7. The van der Waals surface area contributed by atoms with Crippen LogP contribution in [-0.4, -0.2) is 39.6 Å². The number of carbonyl (C=O) groups excluding carboxylic acids is 1. The minimum atomic E-state index is -2.97. The van der Waals surface area contributed by atoms with Crippen molar-refractivity contribution < 1.29 is 57.3 Å². The van der Waals surface area contributed by atoms with Gasteiger partial charge in [0, 0.05) is 23.7 Å². The summed E-state index contributed by atoms with van der Waals surface area (Å²) in [7, 11) is -2.97. The van der Waals surface area contributed by atoms with Crippen molar-refractivity contribution in [3.63, 3.8) is 0 Å². The van der Waals surface area contributed by atoms with E-state index < -0.39 is 15.8 Å². The first-order valence-corrected chi connectivity index (χ1v) is 15.3. The molecule has 1 aliphatic carbocycles. The molecule has 0 spiro atoms. The number of aliphatic carboxylic acids is 1. The van der Waals surface area contributed by atoms with Crippen LogP contribution in [0.1, 0.15) is 53.0 Å². The van der Waals surface area contributed by atoms with E-state index in [2.05, 4.69) is 36.4 Å². The summed E-state index contributed by atoms with van der Waals surface area (Å²) in [5.41, 5.74) is 8.55. The van der Waals surface area contributed by atoms with E-state index in [1.807, 2.05) is 18.2 Å². The van der Waals surface area contributed by atoms with Gasteiger partial charge in [-0.2, -0.15) is 0 Å². The van der Waals surface area contributed by atoms with Gasteiger partial charge < -0.3 is 19.4 Å². The number of ether oxygens (including phenoxy) is 2. The first kappa shape index (κ1) is 29.7. The van der Waals surface area contributed by atoms with Gasteiger partial charge in [-0.1, -0.05) is 36.4 Å². The molecule has 8 heteroatoms. The van der Waals surface area contributed by atoms with E-state index in [-0.39, 0.29) is 47.6 Å². The smallest absolute Gasteiger partial charge is 0.550 e. The number of benzene rings is 3. The standard InChI is InChI=1S/C31H34O6S.Na/c1-38(34,35)15-3-14-36-26-11-13-27-24(18-26)5-2-4-23-10-8-21(16-29(23)27)6-7-22-9-12-28-25(19-31(32)33)20-37-30(28)17-22;/h8-13,16-18,25H,2-7,14-15,19-20H2,1H3,(H,32,33);/q;+1/p-1/t25-;/m1./s1. The fourth-order valence-electron chi connectivity index (χ4n) is 5.49. The molecule has 1 aliphatic heterocycles. The molecule has 0 bridgehead atoms. The van der Waals surface area contributed by atoms with Crippen molar-refractivity contribution >= 4 is 15.8 Å². The second-order valence-corrected chi connectivity index (χ2v) is 12.7. The average Bonchev–Trinajstić information content (AvgIpc) is 3.17. The second-order valence-electron chi connectivity index (χ2n) is 10.5. The molecule has 2 aliphatic rings. The largest absolute Gasteiger partial charge is 1.00 e. The number of carboxylic acid groups (broad SMARTS) is 1. The van der Waals surface area contributed by atoms with Gasteiger partial charge in [0.15, 0.2) is 0 Å². The van der Waals surface area contributed by atoms with E-state index in [0.717, 1.165) is 49.2 Å². The third-order valence-corrected chi connectivity index (χ3v) is 8.47. The van der Waals surface area contributed by atoms with Gasteiger partial charge in [0.2, 0.25) is 0 Å². The summed E-state index contributed by atoms with van der Waals surface area (Å²) < 4.78 is 34.3. The molecule has 0 N–H and O–H groups in total. The molecular formula is C31H33NaO6S.